The summed E-state index contributed by atoms with van der Waals surface area (Å²) in [6, 6.07) is 3.03. The number of nitrogens with zero attached hydrogens (tertiary/aromatic N) is 3. The number of methoxy groups -OCH3 is 2. The molecule has 2 N–H and O–H groups in total. The first-order chi connectivity index (χ1) is 20.8. The van der Waals surface area contributed by atoms with Gasteiger partial charge in [-0.2, -0.15) is 0 Å². The van der Waals surface area contributed by atoms with Crippen LogP contribution in [0.15, 0.2) is 70.0 Å². The Hall–Kier alpha value is -4.50. The second-order valence-corrected chi connectivity index (χ2v) is 12.9. The molecule has 0 saturated carbocycles. The normalized spacial score (nSPS) is 16.6. The van der Waals surface area contributed by atoms with Crippen molar-refractivity contribution in [2.45, 2.75) is 37.5 Å². The van der Waals surface area contributed by atoms with Crippen molar-refractivity contribution in [1.82, 2.24) is 9.29 Å². The summed E-state index contributed by atoms with van der Waals surface area (Å²) in [5.41, 5.74) is 7.29. The van der Waals surface area contributed by atoms with E-state index in [0.717, 1.165) is 15.9 Å². The highest BCUT2D eigenvalue weighted by Gasteiger charge is 2.38. The van der Waals surface area contributed by atoms with Gasteiger partial charge in [0, 0.05) is 29.5 Å². The van der Waals surface area contributed by atoms with E-state index < -0.39 is 39.4 Å². The average Bonchev–Trinajstić information content (AvgIpc) is 3.14. The van der Waals surface area contributed by atoms with Crippen molar-refractivity contribution in [2.24, 2.45) is 10.7 Å². The second-order valence-electron chi connectivity index (χ2n) is 9.76. The first-order valence-electron chi connectivity index (χ1n) is 13.2. The lowest BCUT2D eigenvalue weighted by Gasteiger charge is -2.30. The van der Waals surface area contributed by atoms with Gasteiger partial charge in [-0.3, -0.25) is 18.8 Å². The molecule has 0 fully saturated rings. The van der Waals surface area contributed by atoms with Gasteiger partial charge in [-0.05, 0) is 45.1 Å². The van der Waals surface area contributed by atoms with Crippen LogP contribution < -0.4 is 19.9 Å². The van der Waals surface area contributed by atoms with Crippen LogP contribution in [0.3, 0.4) is 0 Å². The summed E-state index contributed by atoms with van der Waals surface area (Å²) >= 11 is 0. The fraction of sp³-hybridized carbons (Fsp3) is 0.310. The van der Waals surface area contributed by atoms with Gasteiger partial charge < -0.3 is 24.7 Å². The Morgan fingerprint density at radius 2 is 1.82 bits per heavy atom. The molecule has 234 valence electrons. The molecule has 1 amide bonds. The first-order valence-corrected chi connectivity index (χ1v) is 15.9. The molecule has 1 aromatic carbocycles. The smallest absolute Gasteiger partial charge is 0.270 e. The zero-order chi connectivity index (χ0) is 32.2. The third-order valence-corrected chi connectivity index (χ3v) is 9.53. The Kier molecular flexibility index (Phi) is 9.89. The molecule has 13 nitrogen and oxygen atoms in total. The molecule has 1 aliphatic carbocycles. The van der Waals surface area contributed by atoms with E-state index in [1.165, 1.54) is 39.4 Å². The minimum atomic E-state index is -4.54. The van der Waals surface area contributed by atoms with Crippen molar-refractivity contribution in [3.05, 3.63) is 77.0 Å². The topological polar surface area (TPSA) is 177 Å². The summed E-state index contributed by atoms with van der Waals surface area (Å²) in [6.07, 6.45) is 8.01. The number of pyridine rings is 1. The maximum absolute atomic E-state index is 14.3. The average molecular weight is 645 g/mol. The summed E-state index contributed by atoms with van der Waals surface area (Å²) < 4.78 is 65.3. The Morgan fingerprint density at radius 3 is 2.48 bits per heavy atom. The Bertz CT molecular complexity index is 1750. The van der Waals surface area contributed by atoms with E-state index in [1.54, 1.807) is 31.3 Å². The molecule has 1 aliphatic heterocycles. The number of allylic oxidation sites excluding steroid dienone is 2. The van der Waals surface area contributed by atoms with E-state index in [-0.39, 0.29) is 45.4 Å². The van der Waals surface area contributed by atoms with Crippen molar-refractivity contribution in [3.63, 3.8) is 0 Å². The third-order valence-electron chi connectivity index (χ3n) is 6.47. The number of aromatic nitrogens is 1. The summed E-state index contributed by atoms with van der Waals surface area (Å²) in [5.74, 6) is -0.442. The number of rotatable bonds is 12. The van der Waals surface area contributed by atoms with E-state index in [0.29, 0.717) is 22.8 Å². The summed E-state index contributed by atoms with van der Waals surface area (Å²) in [7, 11) is -3.59. The number of carbonyl (C=O) groups excluding carboxylic acids is 2. The number of benzene rings is 1. The molecule has 2 bridgehead atoms. The van der Waals surface area contributed by atoms with Crippen LogP contribution in [0, 0.1) is 13.8 Å². The number of Topliss-reactive ketones (excluding diaryl/α,β-unsaturated/α-hetero) is 1. The fourth-order valence-electron chi connectivity index (χ4n) is 4.40. The highest BCUT2D eigenvalue weighted by atomic mass is 32.2. The molecule has 2 aromatic rings. The van der Waals surface area contributed by atoms with Gasteiger partial charge in [-0.25, -0.2) is 17.7 Å². The number of fused-ring (bicyclic) bond motifs is 1. The van der Waals surface area contributed by atoms with Crippen LogP contribution in [0.5, 0.6) is 17.2 Å². The Morgan fingerprint density at radius 1 is 1.09 bits per heavy atom. The molecule has 4 rings (SSSR count). The van der Waals surface area contributed by atoms with Crippen LogP contribution in [0.4, 0.5) is 0 Å². The van der Waals surface area contributed by atoms with E-state index in [4.69, 9.17) is 24.7 Å². The van der Waals surface area contributed by atoms with Gasteiger partial charge in [-0.1, -0.05) is 6.08 Å². The highest BCUT2D eigenvalue weighted by Crippen LogP contribution is 2.35. The van der Waals surface area contributed by atoms with Crippen molar-refractivity contribution in [1.29, 1.82) is 0 Å². The summed E-state index contributed by atoms with van der Waals surface area (Å²) in [4.78, 5) is 31.6. The molecule has 44 heavy (non-hydrogen) atoms. The largest absolute Gasteiger partial charge is 0.497 e. The predicted octanol–water partition coefficient (Wildman–Crippen LogP) is 2.20. The number of amidine groups is 1. The molecular formula is C29H32N4O9S2. The number of hydrogen-bond donors (Lipinski definition) is 1. The molecule has 2 unspecified atom stereocenters. The minimum Gasteiger partial charge on any atom is -0.497 e. The van der Waals surface area contributed by atoms with Crippen molar-refractivity contribution in [2.75, 3.05) is 27.4 Å². The number of ketones is 1. The lowest BCUT2D eigenvalue weighted by atomic mass is 10.1. The highest BCUT2D eigenvalue weighted by molar-refractivity contribution is 8.02. The van der Waals surface area contributed by atoms with E-state index in [2.05, 4.69) is 9.98 Å². The predicted molar refractivity (Wildman–Crippen MR) is 162 cm³/mol. The minimum absolute atomic E-state index is 0.0193. The number of sulfonamides is 1. The van der Waals surface area contributed by atoms with E-state index in [1.807, 2.05) is 6.92 Å². The number of ether oxygens (including phenoxy) is 4. The maximum atomic E-state index is 14.3. The molecule has 2 heterocycles. The van der Waals surface area contributed by atoms with Crippen LogP contribution in [0.1, 0.15) is 23.7 Å². The number of hydrogen-bond acceptors (Lipinski definition) is 11. The zero-order valence-corrected chi connectivity index (χ0v) is 26.4. The van der Waals surface area contributed by atoms with Crippen LogP contribution in [-0.2, 0) is 40.9 Å². The zero-order valence-electron chi connectivity index (χ0n) is 24.7. The Balaban J connectivity index is 1.81. The van der Waals surface area contributed by atoms with Crippen molar-refractivity contribution >= 4 is 37.7 Å². The molecule has 2 aliphatic rings. The third kappa shape index (κ3) is 7.00. The number of primary amides is 1. The molecular weight excluding hydrogens is 612 g/mol. The molecule has 15 heteroatoms. The lowest BCUT2D eigenvalue weighted by Crippen LogP contribution is -2.41. The van der Waals surface area contributed by atoms with E-state index >= 15 is 0 Å². The van der Waals surface area contributed by atoms with Crippen LogP contribution >= 0.6 is 0 Å². The first kappa shape index (κ1) is 32.4. The summed E-state index contributed by atoms with van der Waals surface area (Å²) in [6.45, 7) is 4.04. The molecule has 2 atom stereocenters. The quantitative estimate of drug-likeness (QED) is 0.360. The monoisotopic (exact) mass is 644 g/mol. The number of aryl methyl sites for hydroxylation is 1. The van der Waals surface area contributed by atoms with Crippen molar-refractivity contribution in [3.8, 4) is 17.2 Å². The Labute approximate surface area is 257 Å². The SMILES string of the molecule is COC1=CC2=CC(C=C1)N=C(S(=O)Cc1ncc(C)c(OC)c1C)N2S(=O)(=O)c1ccc(OCC(C)=O)c(OCC(N)=O)c1. The van der Waals surface area contributed by atoms with Gasteiger partial charge in [0.05, 0.1) is 53.1 Å². The van der Waals surface area contributed by atoms with Gasteiger partial charge in [0.25, 0.3) is 15.9 Å². The number of carbonyl (C=O) groups is 2. The van der Waals surface area contributed by atoms with Crippen LogP contribution in [0.2, 0.25) is 0 Å². The van der Waals surface area contributed by atoms with Crippen molar-refractivity contribution < 1.29 is 41.2 Å². The lowest BCUT2D eigenvalue weighted by molar-refractivity contribution is -0.120. The van der Waals surface area contributed by atoms with Gasteiger partial charge in [0.15, 0.2) is 23.9 Å². The molecule has 0 spiro atoms. The van der Waals surface area contributed by atoms with Gasteiger partial charge in [0.1, 0.15) is 18.1 Å². The number of nitrogens with two attached hydrogens (primary N) is 1. The van der Waals surface area contributed by atoms with Gasteiger partial charge in [-0.15, -0.1) is 0 Å². The van der Waals surface area contributed by atoms with Crippen LogP contribution in [0.25, 0.3) is 0 Å². The van der Waals surface area contributed by atoms with Gasteiger partial charge in [0.2, 0.25) is 5.17 Å². The van der Waals surface area contributed by atoms with Gasteiger partial charge >= 0.3 is 0 Å². The van der Waals surface area contributed by atoms with E-state index in [9.17, 15) is 22.2 Å². The summed E-state index contributed by atoms with van der Waals surface area (Å²) in [5, 5.41) is -0.233. The van der Waals surface area contributed by atoms with Crippen LogP contribution in [-0.4, -0.2) is 72.2 Å². The maximum Gasteiger partial charge on any atom is 0.270 e. The standard InChI is InChI=1S/C29H32N4O9S2/c1-17-13-31-24(19(3)28(17)40-5)16-43(36)29-32-20-6-7-22(39-4)11-21(10-20)33(29)44(37,38)23-8-9-25(41-14-18(2)34)26(12-23)42-15-27(30)35/h6-13,20H,14-16H2,1-5H3,(H2,30,35). The number of amides is 1. The molecule has 0 radical (unpaired) electrons. The molecule has 1 aromatic heterocycles. The number of aliphatic imine (C=N–C) groups is 1. The fourth-order valence-corrected chi connectivity index (χ4v) is 7.50. The molecule has 0 saturated heterocycles. The second kappa shape index (κ2) is 13.4.